The van der Waals surface area contributed by atoms with Crippen molar-refractivity contribution in [2.45, 2.75) is 17.9 Å². The number of rotatable bonds is 7. The van der Waals surface area contributed by atoms with Crippen LogP contribution >= 0.6 is 15.9 Å². The molecule has 0 aliphatic rings. The number of carbonyl (C=O) groups excluding carboxylic acids is 1. The third kappa shape index (κ3) is 5.25. The van der Waals surface area contributed by atoms with Crippen LogP contribution < -0.4 is 9.62 Å². The molecule has 0 heterocycles. The summed E-state index contributed by atoms with van der Waals surface area (Å²) in [7, 11) is -3.97. The third-order valence-electron chi connectivity index (χ3n) is 4.46. The minimum Gasteiger partial charge on any atom is -0.348 e. The minimum atomic E-state index is -3.97. The van der Waals surface area contributed by atoms with E-state index in [1.165, 1.54) is 24.3 Å². The Morgan fingerprint density at radius 3 is 2.33 bits per heavy atom. The average Bonchev–Trinajstić information content (AvgIpc) is 2.73. The molecule has 5 nitrogen and oxygen atoms in total. The van der Waals surface area contributed by atoms with Crippen LogP contribution in [-0.2, 0) is 14.8 Å². The fourth-order valence-electron chi connectivity index (χ4n) is 2.92. The molecule has 30 heavy (non-hydrogen) atoms. The Labute approximate surface area is 183 Å². The molecule has 3 rings (SSSR count). The van der Waals surface area contributed by atoms with E-state index in [-0.39, 0.29) is 10.7 Å². The summed E-state index contributed by atoms with van der Waals surface area (Å²) < 4.78 is 41.4. The SMILES string of the molecule is C[C@@H](NC(=O)CN(c1cccc(Br)c1)S(=O)(=O)c1ccccc1)c1ccc(F)cc1. The molecule has 1 atom stereocenters. The van der Waals surface area contributed by atoms with Crippen molar-refractivity contribution < 1.29 is 17.6 Å². The summed E-state index contributed by atoms with van der Waals surface area (Å²) in [4.78, 5) is 12.8. The Kier molecular flexibility index (Phi) is 6.89. The summed E-state index contributed by atoms with van der Waals surface area (Å²) in [5.41, 5.74) is 1.07. The lowest BCUT2D eigenvalue weighted by Crippen LogP contribution is -2.41. The number of halogens is 2. The van der Waals surface area contributed by atoms with Gasteiger partial charge in [-0.3, -0.25) is 9.10 Å². The van der Waals surface area contributed by atoms with Crippen molar-refractivity contribution >= 4 is 37.5 Å². The van der Waals surface area contributed by atoms with Gasteiger partial charge in [-0.25, -0.2) is 12.8 Å². The Morgan fingerprint density at radius 1 is 1.03 bits per heavy atom. The minimum absolute atomic E-state index is 0.0874. The highest BCUT2D eigenvalue weighted by atomic mass is 79.9. The monoisotopic (exact) mass is 490 g/mol. The van der Waals surface area contributed by atoms with Gasteiger partial charge < -0.3 is 5.32 Å². The van der Waals surface area contributed by atoms with Crippen LogP contribution in [0.15, 0.2) is 88.2 Å². The maximum absolute atomic E-state index is 13.3. The third-order valence-corrected chi connectivity index (χ3v) is 6.74. The standard InChI is InChI=1S/C22H20BrFN2O3S/c1-16(17-10-12-19(24)13-11-17)25-22(27)15-26(20-7-5-6-18(23)14-20)30(28,29)21-8-3-2-4-9-21/h2-14,16H,15H2,1H3,(H,25,27)/t16-/m1/s1. The summed E-state index contributed by atoms with van der Waals surface area (Å²) in [6.45, 7) is 1.35. The second-order valence-electron chi connectivity index (χ2n) is 6.65. The highest BCUT2D eigenvalue weighted by Gasteiger charge is 2.27. The number of hydrogen-bond acceptors (Lipinski definition) is 3. The molecular weight excluding hydrogens is 471 g/mol. The van der Waals surface area contributed by atoms with Crippen molar-refractivity contribution in [3.63, 3.8) is 0 Å². The molecule has 0 unspecified atom stereocenters. The van der Waals surface area contributed by atoms with E-state index in [9.17, 15) is 17.6 Å². The van der Waals surface area contributed by atoms with E-state index in [1.807, 2.05) is 0 Å². The van der Waals surface area contributed by atoms with Crippen LogP contribution in [0.3, 0.4) is 0 Å². The predicted molar refractivity (Wildman–Crippen MR) is 118 cm³/mol. The summed E-state index contributed by atoms with van der Waals surface area (Å²) in [6.07, 6.45) is 0. The van der Waals surface area contributed by atoms with Crippen molar-refractivity contribution in [1.82, 2.24) is 5.32 Å². The topological polar surface area (TPSA) is 66.5 Å². The lowest BCUT2D eigenvalue weighted by Gasteiger charge is -2.25. The molecular formula is C22H20BrFN2O3S. The van der Waals surface area contributed by atoms with Gasteiger partial charge in [-0.2, -0.15) is 0 Å². The van der Waals surface area contributed by atoms with E-state index in [1.54, 1.807) is 61.5 Å². The zero-order valence-electron chi connectivity index (χ0n) is 16.1. The zero-order chi connectivity index (χ0) is 21.7. The lowest BCUT2D eigenvalue weighted by molar-refractivity contribution is -0.120. The summed E-state index contributed by atoms with van der Waals surface area (Å²) in [5.74, 6) is -0.849. The van der Waals surface area contributed by atoms with Crippen molar-refractivity contribution in [2.75, 3.05) is 10.8 Å². The molecule has 1 amide bonds. The molecule has 0 radical (unpaired) electrons. The molecule has 0 aliphatic carbocycles. The van der Waals surface area contributed by atoms with Gasteiger partial charge in [0.15, 0.2) is 0 Å². The largest absolute Gasteiger partial charge is 0.348 e. The number of nitrogens with one attached hydrogen (secondary N) is 1. The van der Waals surface area contributed by atoms with Gasteiger partial charge in [0.1, 0.15) is 12.4 Å². The molecule has 0 spiro atoms. The number of sulfonamides is 1. The Balaban J connectivity index is 1.87. The fourth-order valence-corrected chi connectivity index (χ4v) is 4.74. The van der Waals surface area contributed by atoms with Crippen LogP contribution in [0.1, 0.15) is 18.5 Å². The number of anilines is 1. The number of benzene rings is 3. The molecule has 0 bridgehead atoms. The predicted octanol–water partition coefficient (Wildman–Crippen LogP) is 4.66. The number of nitrogens with zero attached hydrogens (tertiary/aromatic N) is 1. The van der Waals surface area contributed by atoms with E-state index < -0.39 is 28.5 Å². The molecule has 3 aromatic rings. The molecule has 8 heteroatoms. The number of hydrogen-bond donors (Lipinski definition) is 1. The van der Waals surface area contributed by atoms with Crippen LogP contribution in [-0.4, -0.2) is 20.9 Å². The van der Waals surface area contributed by atoms with Crippen LogP contribution in [0.5, 0.6) is 0 Å². The number of carbonyl (C=O) groups is 1. The van der Waals surface area contributed by atoms with Gasteiger partial charge in [0, 0.05) is 4.47 Å². The van der Waals surface area contributed by atoms with Gasteiger partial charge in [0.2, 0.25) is 5.91 Å². The smallest absolute Gasteiger partial charge is 0.264 e. The Morgan fingerprint density at radius 2 is 1.70 bits per heavy atom. The van der Waals surface area contributed by atoms with E-state index in [0.29, 0.717) is 15.7 Å². The van der Waals surface area contributed by atoms with Crippen LogP contribution in [0, 0.1) is 5.82 Å². The fraction of sp³-hybridized carbons (Fsp3) is 0.136. The molecule has 0 aliphatic heterocycles. The first-order chi connectivity index (χ1) is 14.3. The molecule has 0 saturated carbocycles. The van der Waals surface area contributed by atoms with Crippen molar-refractivity contribution in [1.29, 1.82) is 0 Å². The van der Waals surface area contributed by atoms with Crippen LogP contribution in [0.2, 0.25) is 0 Å². The molecule has 156 valence electrons. The highest BCUT2D eigenvalue weighted by Crippen LogP contribution is 2.26. The van der Waals surface area contributed by atoms with Gasteiger partial charge in [-0.15, -0.1) is 0 Å². The maximum Gasteiger partial charge on any atom is 0.264 e. The molecule has 0 fully saturated rings. The van der Waals surface area contributed by atoms with Gasteiger partial charge in [-0.1, -0.05) is 52.3 Å². The second kappa shape index (κ2) is 9.40. The molecule has 1 N–H and O–H groups in total. The first-order valence-electron chi connectivity index (χ1n) is 9.15. The van der Waals surface area contributed by atoms with Gasteiger partial charge in [-0.05, 0) is 55.0 Å². The van der Waals surface area contributed by atoms with Gasteiger partial charge in [0.25, 0.3) is 10.0 Å². The van der Waals surface area contributed by atoms with Crippen molar-refractivity contribution in [3.05, 3.63) is 94.7 Å². The van der Waals surface area contributed by atoms with E-state index in [0.717, 1.165) is 4.31 Å². The van der Waals surface area contributed by atoms with Crippen molar-refractivity contribution in [2.24, 2.45) is 0 Å². The summed E-state index contributed by atoms with van der Waals surface area (Å²) in [5, 5.41) is 2.77. The average molecular weight is 491 g/mol. The zero-order valence-corrected chi connectivity index (χ0v) is 18.5. The quantitative estimate of drug-likeness (QED) is 0.523. The Hall–Kier alpha value is -2.71. The lowest BCUT2D eigenvalue weighted by atomic mass is 10.1. The van der Waals surface area contributed by atoms with Crippen molar-refractivity contribution in [3.8, 4) is 0 Å². The van der Waals surface area contributed by atoms with E-state index >= 15 is 0 Å². The Bertz CT molecular complexity index is 1120. The van der Waals surface area contributed by atoms with Gasteiger partial charge in [0.05, 0.1) is 16.6 Å². The number of amides is 1. The molecule has 3 aromatic carbocycles. The van der Waals surface area contributed by atoms with Crippen LogP contribution in [0.25, 0.3) is 0 Å². The maximum atomic E-state index is 13.3. The summed E-state index contributed by atoms with van der Waals surface area (Å²) in [6, 6.07) is 20.0. The summed E-state index contributed by atoms with van der Waals surface area (Å²) >= 11 is 3.34. The first-order valence-corrected chi connectivity index (χ1v) is 11.4. The highest BCUT2D eigenvalue weighted by molar-refractivity contribution is 9.10. The van der Waals surface area contributed by atoms with E-state index in [4.69, 9.17) is 0 Å². The second-order valence-corrected chi connectivity index (χ2v) is 9.42. The van der Waals surface area contributed by atoms with Gasteiger partial charge >= 0.3 is 0 Å². The molecule has 0 aromatic heterocycles. The van der Waals surface area contributed by atoms with E-state index in [2.05, 4.69) is 21.2 Å². The molecule has 0 saturated heterocycles. The normalized spacial score (nSPS) is 12.2. The first kappa shape index (κ1) is 22.0. The van der Waals surface area contributed by atoms with Crippen LogP contribution in [0.4, 0.5) is 10.1 Å².